The molecule has 0 radical (unpaired) electrons. The number of nitrogens with zero attached hydrogens (tertiary/aromatic N) is 5. The second kappa shape index (κ2) is 9.05. The molecule has 3 heterocycles. The van der Waals surface area contributed by atoms with Crippen LogP contribution in [0.3, 0.4) is 0 Å². The Labute approximate surface area is 193 Å². The van der Waals surface area contributed by atoms with Crippen molar-refractivity contribution in [3.8, 4) is 22.6 Å². The molecule has 0 spiro atoms. The molecular formula is C24H21F3N6O. The number of halogens is 3. The zero-order valence-corrected chi connectivity index (χ0v) is 18.6. The molecule has 0 unspecified atom stereocenters. The van der Waals surface area contributed by atoms with E-state index < -0.39 is 23.7 Å². The molecule has 0 saturated heterocycles. The minimum absolute atomic E-state index is 0.311. The molecule has 1 N–H and O–H groups in total. The van der Waals surface area contributed by atoms with Crippen LogP contribution < -0.4 is 5.32 Å². The summed E-state index contributed by atoms with van der Waals surface area (Å²) in [6.07, 6.45) is -0.417. The maximum atomic E-state index is 13.1. The Morgan fingerprint density at radius 3 is 2.38 bits per heavy atom. The number of aromatic nitrogens is 5. The van der Waals surface area contributed by atoms with Crippen molar-refractivity contribution in [2.75, 3.05) is 0 Å². The summed E-state index contributed by atoms with van der Waals surface area (Å²) >= 11 is 0. The molecule has 7 nitrogen and oxygen atoms in total. The van der Waals surface area contributed by atoms with Crippen molar-refractivity contribution < 1.29 is 18.0 Å². The lowest BCUT2D eigenvalue weighted by atomic mass is 10.0. The second-order valence-electron chi connectivity index (χ2n) is 7.95. The lowest BCUT2D eigenvalue weighted by molar-refractivity contribution is -0.137. The molecule has 3 aromatic heterocycles. The predicted octanol–water partition coefficient (Wildman–Crippen LogP) is 4.76. The summed E-state index contributed by atoms with van der Waals surface area (Å²) < 4.78 is 40.2. The molecule has 0 saturated carbocycles. The maximum absolute atomic E-state index is 13.1. The van der Waals surface area contributed by atoms with Crippen LogP contribution in [0.1, 0.15) is 40.1 Å². The first kappa shape index (κ1) is 23.1. The Balaban J connectivity index is 1.65. The molecule has 1 aromatic carbocycles. The number of amides is 1. The van der Waals surface area contributed by atoms with Crippen LogP contribution in [0.25, 0.3) is 22.6 Å². The van der Waals surface area contributed by atoms with Crippen molar-refractivity contribution in [1.29, 1.82) is 0 Å². The first-order chi connectivity index (χ1) is 16.1. The lowest BCUT2D eigenvalue weighted by Crippen LogP contribution is -2.27. The van der Waals surface area contributed by atoms with Crippen molar-refractivity contribution in [2.45, 2.75) is 26.1 Å². The highest BCUT2D eigenvalue weighted by molar-refractivity contribution is 5.97. The smallest absolute Gasteiger partial charge is 0.344 e. The number of rotatable bonds is 5. The molecule has 4 aromatic rings. The van der Waals surface area contributed by atoms with E-state index in [9.17, 15) is 18.0 Å². The van der Waals surface area contributed by atoms with E-state index in [1.807, 2.05) is 25.1 Å². The van der Waals surface area contributed by atoms with Gasteiger partial charge in [0.25, 0.3) is 5.91 Å². The maximum Gasteiger partial charge on any atom is 0.417 e. The van der Waals surface area contributed by atoms with Crippen LogP contribution in [-0.4, -0.2) is 30.6 Å². The highest BCUT2D eigenvalue weighted by Crippen LogP contribution is 2.29. The van der Waals surface area contributed by atoms with Gasteiger partial charge in [-0.1, -0.05) is 6.07 Å². The summed E-state index contributed by atoms with van der Waals surface area (Å²) in [4.78, 5) is 21.4. The number of hydrogen-bond acceptors (Lipinski definition) is 5. The van der Waals surface area contributed by atoms with E-state index in [4.69, 9.17) is 0 Å². The van der Waals surface area contributed by atoms with Crippen LogP contribution in [0, 0.1) is 6.92 Å². The van der Waals surface area contributed by atoms with Crippen LogP contribution in [0.5, 0.6) is 0 Å². The standard InChI is InChI=1S/C24H21F3N6O/c1-14-4-6-21(28-11-14)16-8-17(22-32-30-13-33(22)3)10-18(9-16)23(34)31-15(2)20-7-5-19(12-29-20)24(25,26)27/h4-13,15H,1-3H3,(H,31,34)/t15-/m1/s1. The summed E-state index contributed by atoms with van der Waals surface area (Å²) in [5, 5.41) is 10.8. The third-order valence-corrected chi connectivity index (χ3v) is 5.28. The van der Waals surface area contributed by atoms with E-state index in [1.165, 1.54) is 6.07 Å². The fraction of sp³-hybridized carbons (Fsp3) is 0.208. The van der Waals surface area contributed by atoms with Gasteiger partial charge in [0.15, 0.2) is 5.82 Å². The van der Waals surface area contributed by atoms with Gasteiger partial charge in [-0.2, -0.15) is 13.2 Å². The number of aryl methyl sites for hydroxylation is 2. The van der Waals surface area contributed by atoms with E-state index in [-0.39, 0.29) is 0 Å². The van der Waals surface area contributed by atoms with Crippen molar-refractivity contribution in [2.24, 2.45) is 7.05 Å². The number of carbonyl (C=O) groups excluding carboxylic acids is 1. The quantitative estimate of drug-likeness (QED) is 0.459. The van der Waals surface area contributed by atoms with E-state index >= 15 is 0 Å². The van der Waals surface area contributed by atoms with Gasteiger partial charge in [-0.25, -0.2) is 0 Å². The van der Waals surface area contributed by atoms with Crippen LogP contribution in [0.2, 0.25) is 0 Å². The Kier molecular flexibility index (Phi) is 6.14. The van der Waals surface area contributed by atoms with Gasteiger partial charge in [-0.05, 0) is 55.8 Å². The van der Waals surface area contributed by atoms with Gasteiger partial charge in [0.05, 0.1) is 23.0 Å². The van der Waals surface area contributed by atoms with Crippen LogP contribution in [0.4, 0.5) is 13.2 Å². The van der Waals surface area contributed by atoms with Crippen molar-refractivity contribution >= 4 is 5.91 Å². The molecule has 10 heteroatoms. The molecule has 4 rings (SSSR count). The van der Waals surface area contributed by atoms with Gasteiger partial charge in [0, 0.05) is 36.1 Å². The predicted molar refractivity (Wildman–Crippen MR) is 120 cm³/mol. The molecule has 0 fully saturated rings. The molecular weight excluding hydrogens is 445 g/mol. The normalized spacial score (nSPS) is 12.4. The van der Waals surface area contributed by atoms with Gasteiger partial charge >= 0.3 is 6.18 Å². The summed E-state index contributed by atoms with van der Waals surface area (Å²) in [5.74, 6) is 0.159. The summed E-state index contributed by atoms with van der Waals surface area (Å²) in [5.41, 5.74) is 2.88. The van der Waals surface area contributed by atoms with Crippen LogP contribution >= 0.6 is 0 Å². The summed E-state index contributed by atoms with van der Waals surface area (Å²) in [6.45, 7) is 3.59. The highest BCUT2D eigenvalue weighted by atomic mass is 19.4. The average Bonchev–Trinajstić information content (AvgIpc) is 3.24. The number of carbonyl (C=O) groups is 1. The molecule has 0 aliphatic rings. The number of nitrogens with one attached hydrogen (secondary N) is 1. The summed E-state index contributed by atoms with van der Waals surface area (Å²) in [7, 11) is 1.80. The second-order valence-corrected chi connectivity index (χ2v) is 7.95. The van der Waals surface area contributed by atoms with Gasteiger partial charge in [0.1, 0.15) is 6.33 Å². The van der Waals surface area contributed by atoms with Gasteiger partial charge in [-0.15, -0.1) is 10.2 Å². The largest absolute Gasteiger partial charge is 0.417 e. The Bertz CT molecular complexity index is 1310. The minimum Gasteiger partial charge on any atom is -0.344 e. The van der Waals surface area contributed by atoms with E-state index in [2.05, 4.69) is 25.5 Å². The molecule has 0 aliphatic carbocycles. The first-order valence-corrected chi connectivity index (χ1v) is 10.4. The van der Waals surface area contributed by atoms with Crippen molar-refractivity contribution in [3.05, 3.63) is 83.6 Å². The zero-order chi connectivity index (χ0) is 24.5. The minimum atomic E-state index is -4.47. The average molecular weight is 466 g/mol. The Morgan fingerprint density at radius 2 is 1.79 bits per heavy atom. The molecule has 34 heavy (non-hydrogen) atoms. The Hall–Kier alpha value is -4.08. The fourth-order valence-electron chi connectivity index (χ4n) is 3.40. The fourth-order valence-corrected chi connectivity index (χ4v) is 3.40. The van der Waals surface area contributed by atoms with Crippen molar-refractivity contribution in [1.82, 2.24) is 30.0 Å². The highest BCUT2D eigenvalue weighted by Gasteiger charge is 2.31. The molecule has 174 valence electrons. The third kappa shape index (κ3) is 4.95. The number of benzene rings is 1. The number of pyridine rings is 2. The van der Waals surface area contributed by atoms with E-state index in [0.717, 1.165) is 17.8 Å². The summed E-state index contributed by atoms with van der Waals surface area (Å²) in [6, 6.07) is 10.6. The topological polar surface area (TPSA) is 85.6 Å². The molecule has 1 amide bonds. The number of hydrogen-bond donors (Lipinski definition) is 1. The van der Waals surface area contributed by atoms with Crippen LogP contribution in [0.15, 0.2) is 61.2 Å². The monoisotopic (exact) mass is 466 g/mol. The van der Waals surface area contributed by atoms with Crippen molar-refractivity contribution in [3.63, 3.8) is 0 Å². The third-order valence-electron chi connectivity index (χ3n) is 5.28. The first-order valence-electron chi connectivity index (χ1n) is 10.4. The molecule has 0 aliphatic heterocycles. The van der Waals surface area contributed by atoms with Gasteiger partial charge in [0.2, 0.25) is 0 Å². The Morgan fingerprint density at radius 1 is 1.03 bits per heavy atom. The molecule has 1 atom stereocenters. The SMILES string of the molecule is Cc1ccc(-c2cc(C(=O)N[C@H](C)c3ccc(C(F)(F)F)cn3)cc(-c3nncn3C)c2)nc1. The van der Waals surface area contributed by atoms with E-state index in [0.29, 0.717) is 33.9 Å². The van der Waals surface area contributed by atoms with Crippen LogP contribution in [-0.2, 0) is 13.2 Å². The van der Waals surface area contributed by atoms with Gasteiger partial charge < -0.3 is 9.88 Å². The number of alkyl halides is 3. The molecule has 0 bridgehead atoms. The lowest BCUT2D eigenvalue weighted by Gasteiger charge is -2.16. The van der Waals surface area contributed by atoms with Gasteiger partial charge in [-0.3, -0.25) is 14.8 Å². The zero-order valence-electron chi connectivity index (χ0n) is 18.6. The van der Waals surface area contributed by atoms with E-state index in [1.54, 1.807) is 43.2 Å².